The van der Waals surface area contributed by atoms with Crippen LogP contribution in [0.4, 0.5) is 0 Å². The van der Waals surface area contributed by atoms with E-state index in [1.165, 1.54) is 25.7 Å². The Labute approximate surface area is 104 Å². The highest BCUT2D eigenvalue weighted by Gasteiger charge is 2.31. The van der Waals surface area contributed by atoms with E-state index < -0.39 is 0 Å². The lowest BCUT2D eigenvalue weighted by molar-refractivity contribution is 0.165. The van der Waals surface area contributed by atoms with Gasteiger partial charge in [-0.05, 0) is 25.2 Å². The van der Waals surface area contributed by atoms with E-state index in [0.717, 1.165) is 18.9 Å². The van der Waals surface area contributed by atoms with E-state index in [-0.39, 0.29) is 0 Å². The van der Waals surface area contributed by atoms with Crippen molar-refractivity contribution in [1.29, 1.82) is 0 Å². The molecule has 0 bridgehead atoms. The SMILES string of the molecule is CCn1ncnc1CNC1CCCCC1(C)C. The molecule has 17 heavy (non-hydrogen) atoms. The maximum atomic E-state index is 4.31. The first-order valence-corrected chi connectivity index (χ1v) is 6.73. The van der Waals surface area contributed by atoms with Gasteiger partial charge in [0.05, 0.1) is 6.54 Å². The Morgan fingerprint density at radius 3 is 3.00 bits per heavy atom. The Morgan fingerprint density at radius 2 is 2.29 bits per heavy atom. The predicted molar refractivity (Wildman–Crippen MR) is 68.6 cm³/mol. The number of aromatic nitrogens is 3. The van der Waals surface area contributed by atoms with Crippen LogP contribution in [0.3, 0.4) is 0 Å². The van der Waals surface area contributed by atoms with Gasteiger partial charge in [-0.2, -0.15) is 5.10 Å². The summed E-state index contributed by atoms with van der Waals surface area (Å²) in [5, 5.41) is 7.87. The van der Waals surface area contributed by atoms with E-state index in [1.54, 1.807) is 6.33 Å². The molecule has 4 nitrogen and oxygen atoms in total. The van der Waals surface area contributed by atoms with Crippen LogP contribution in [0.15, 0.2) is 6.33 Å². The minimum Gasteiger partial charge on any atom is -0.307 e. The van der Waals surface area contributed by atoms with Gasteiger partial charge in [-0.1, -0.05) is 26.7 Å². The largest absolute Gasteiger partial charge is 0.307 e. The molecule has 1 heterocycles. The summed E-state index contributed by atoms with van der Waals surface area (Å²) >= 11 is 0. The number of rotatable bonds is 4. The fourth-order valence-corrected chi connectivity index (χ4v) is 2.78. The van der Waals surface area contributed by atoms with Crippen LogP contribution in [0, 0.1) is 5.41 Å². The summed E-state index contributed by atoms with van der Waals surface area (Å²) < 4.78 is 1.96. The van der Waals surface area contributed by atoms with Crippen LogP contribution in [0.25, 0.3) is 0 Å². The Balaban J connectivity index is 1.93. The standard InChI is InChI=1S/C13H24N4/c1-4-17-12(15-10-16-17)9-14-11-7-5-6-8-13(11,2)3/h10-11,14H,4-9H2,1-3H3. The van der Waals surface area contributed by atoms with Crippen molar-refractivity contribution in [3.63, 3.8) is 0 Å². The molecule has 1 aromatic rings. The van der Waals surface area contributed by atoms with Gasteiger partial charge in [0.15, 0.2) is 0 Å². The summed E-state index contributed by atoms with van der Waals surface area (Å²) in [5.41, 5.74) is 0.412. The van der Waals surface area contributed by atoms with Crippen molar-refractivity contribution in [2.24, 2.45) is 5.41 Å². The second-order valence-electron chi connectivity index (χ2n) is 5.66. The minimum absolute atomic E-state index is 0.412. The van der Waals surface area contributed by atoms with Crippen LogP contribution in [0.2, 0.25) is 0 Å². The molecule has 0 aliphatic heterocycles. The second kappa shape index (κ2) is 5.17. The average molecular weight is 236 g/mol. The molecule has 0 spiro atoms. The number of nitrogens with zero attached hydrogens (tertiary/aromatic N) is 3. The molecule has 1 fully saturated rings. The molecular weight excluding hydrogens is 212 g/mol. The van der Waals surface area contributed by atoms with E-state index in [0.29, 0.717) is 11.5 Å². The molecule has 1 atom stereocenters. The first kappa shape index (κ1) is 12.6. The zero-order valence-corrected chi connectivity index (χ0v) is 11.2. The molecule has 2 rings (SSSR count). The molecule has 0 radical (unpaired) electrons. The molecule has 1 aromatic heterocycles. The highest BCUT2D eigenvalue weighted by Crippen LogP contribution is 2.35. The zero-order chi connectivity index (χ0) is 12.3. The molecular formula is C13H24N4. The van der Waals surface area contributed by atoms with Crippen molar-refractivity contribution < 1.29 is 0 Å². The maximum absolute atomic E-state index is 4.31. The van der Waals surface area contributed by atoms with Gasteiger partial charge in [-0.15, -0.1) is 0 Å². The smallest absolute Gasteiger partial charge is 0.140 e. The van der Waals surface area contributed by atoms with E-state index in [9.17, 15) is 0 Å². The van der Waals surface area contributed by atoms with Crippen LogP contribution in [0.5, 0.6) is 0 Å². The Hall–Kier alpha value is -0.900. The lowest BCUT2D eigenvalue weighted by Gasteiger charge is -2.39. The van der Waals surface area contributed by atoms with E-state index >= 15 is 0 Å². The number of hydrogen-bond acceptors (Lipinski definition) is 3. The van der Waals surface area contributed by atoms with Crippen LogP contribution in [-0.4, -0.2) is 20.8 Å². The van der Waals surface area contributed by atoms with Crippen LogP contribution < -0.4 is 5.32 Å². The monoisotopic (exact) mass is 236 g/mol. The van der Waals surface area contributed by atoms with Gasteiger partial charge in [0.25, 0.3) is 0 Å². The normalized spacial score (nSPS) is 23.8. The lowest BCUT2D eigenvalue weighted by atomic mass is 9.73. The summed E-state index contributed by atoms with van der Waals surface area (Å²) in [6.45, 7) is 8.57. The summed E-state index contributed by atoms with van der Waals surface area (Å²) in [4.78, 5) is 4.31. The zero-order valence-electron chi connectivity index (χ0n) is 11.2. The number of nitrogens with one attached hydrogen (secondary N) is 1. The van der Waals surface area contributed by atoms with E-state index in [4.69, 9.17) is 0 Å². The van der Waals surface area contributed by atoms with Crippen LogP contribution in [-0.2, 0) is 13.1 Å². The number of hydrogen-bond donors (Lipinski definition) is 1. The van der Waals surface area contributed by atoms with Gasteiger partial charge < -0.3 is 5.32 Å². The highest BCUT2D eigenvalue weighted by molar-refractivity contribution is 4.91. The third-order valence-corrected chi connectivity index (χ3v) is 4.01. The molecule has 1 aliphatic rings. The van der Waals surface area contributed by atoms with Crippen molar-refractivity contribution >= 4 is 0 Å². The summed E-state index contributed by atoms with van der Waals surface area (Å²) in [6.07, 6.45) is 6.98. The molecule has 0 amide bonds. The molecule has 4 heteroatoms. The summed E-state index contributed by atoms with van der Waals surface area (Å²) in [5.74, 6) is 1.05. The average Bonchev–Trinajstić information content (AvgIpc) is 2.74. The fourth-order valence-electron chi connectivity index (χ4n) is 2.78. The van der Waals surface area contributed by atoms with E-state index in [1.807, 2.05) is 4.68 Å². The first-order valence-electron chi connectivity index (χ1n) is 6.73. The van der Waals surface area contributed by atoms with Gasteiger partial charge in [0.2, 0.25) is 0 Å². The predicted octanol–water partition coefficient (Wildman–Crippen LogP) is 2.36. The Kier molecular flexibility index (Phi) is 3.82. The molecule has 1 saturated carbocycles. The Morgan fingerprint density at radius 1 is 1.47 bits per heavy atom. The molecule has 1 aliphatic carbocycles. The van der Waals surface area contributed by atoms with Crippen molar-refractivity contribution in [2.45, 2.75) is 65.6 Å². The van der Waals surface area contributed by atoms with Gasteiger partial charge in [0.1, 0.15) is 12.2 Å². The highest BCUT2D eigenvalue weighted by atomic mass is 15.3. The second-order valence-corrected chi connectivity index (χ2v) is 5.66. The molecule has 96 valence electrons. The Bertz CT molecular complexity index is 356. The van der Waals surface area contributed by atoms with Crippen LogP contribution in [0.1, 0.15) is 52.3 Å². The van der Waals surface area contributed by atoms with Crippen LogP contribution >= 0.6 is 0 Å². The van der Waals surface area contributed by atoms with Gasteiger partial charge >= 0.3 is 0 Å². The number of aryl methyl sites for hydroxylation is 1. The molecule has 1 unspecified atom stereocenters. The van der Waals surface area contributed by atoms with E-state index in [2.05, 4.69) is 36.2 Å². The van der Waals surface area contributed by atoms with Gasteiger partial charge in [-0.3, -0.25) is 0 Å². The third-order valence-electron chi connectivity index (χ3n) is 4.01. The quantitative estimate of drug-likeness (QED) is 0.872. The first-order chi connectivity index (χ1) is 8.13. The lowest BCUT2D eigenvalue weighted by Crippen LogP contribution is -2.44. The summed E-state index contributed by atoms with van der Waals surface area (Å²) in [7, 11) is 0. The topological polar surface area (TPSA) is 42.7 Å². The van der Waals surface area contributed by atoms with Crippen molar-refractivity contribution in [1.82, 2.24) is 20.1 Å². The summed E-state index contributed by atoms with van der Waals surface area (Å²) in [6, 6.07) is 0.609. The maximum Gasteiger partial charge on any atom is 0.140 e. The molecule has 1 N–H and O–H groups in total. The molecule has 0 aromatic carbocycles. The van der Waals surface area contributed by atoms with Crippen molar-refractivity contribution in [3.05, 3.63) is 12.2 Å². The van der Waals surface area contributed by atoms with Crippen molar-refractivity contribution in [2.75, 3.05) is 0 Å². The van der Waals surface area contributed by atoms with Gasteiger partial charge in [0, 0.05) is 12.6 Å². The minimum atomic E-state index is 0.412. The third kappa shape index (κ3) is 2.86. The van der Waals surface area contributed by atoms with Gasteiger partial charge in [-0.25, -0.2) is 9.67 Å². The molecule has 0 saturated heterocycles. The fraction of sp³-hybridized carbons (Fsp3) is 0.846. The van der Waals surface area contributed by atoms with Crippen molar-refractivity contribution in [3.8, 4) is 0 Å².